The summed E-state index contributed by atoms with van der Waals surface area (Å²) in [6.07, 6.45) is 2.95. The predicted molar refractivity (Wildman–Crippen MR) is 82.0 cm³/mol. The van der Waals surface area contributed by atoms with Gasteiger partial charge >= 0.3 is 6.61 Å². The summed E-state index contributed by atoms with van der Waals surface area (Å²) in [4.78, 5) is 13.6. The molecular formula is C16H14F2O3S. The maximum absolute atomic E-state index is 12.4. The minimum Gasteiger partial charge on any atom is -0.493 e. The third kappa shape index (κ3) is 4.14. The van der Waals surface area contributed by atoms with E-state index in [-0.39, 0.29) is 17.3 Å². The normalized spacial score (nSPS) is 11.1. The molecule has 2 aromatic rings. The highest BCUT2D eigenvalue weighted by molar-refractivity contribution is 7.14. The Kier molecular flexibility index (Phi) is 5.27. The van der Waals surface area contributed by atoms with Crippen molar-refractivity contribution in [1.29, 1.82) is 0 Å². The Bertz CT molecular complexity index is 692. The molecule has 0 aliphatic heterocycles. The number of ether oxygens (including phenoxy) is 2. The monoisotopic (exact) mass is 324 g/mol. The molecule has 0 bridgehead atoms. The van der Waals surface area contributed by atoms with Gasteiger partial charge in [-0.15, -0.1) is 11.3 Å². The van der Waals surface area contributed by atoms with Gasteiger partial charge in [-0.2, -0.15) is 8.78 Å². The molecule has 2 rings (SSSR count). The summed E-state index contributed by atoms with van der Waals surface area (Å²) in [5.41, 5.74) is 0.568. The number of aryl methyl sites for hydroxylation is 1. The van der Waals surface area contributed by atoms with Crippen molar-refractivity contribution in [3.63, 3.8) is 0 Å². The van der Waals surface area contributed by atoms with E-state index in [4.69, 9.17) is 4.74 Å². The van der Waals surface area contributed by atoms with Gasteiger partial charge in [-0.1, -0.05) is 12.1 Å². The number of carbonyl (C=O) groups excluding carboxylic acids is 1. The quantitative estimate of drug-likeness (QED) is 0.577. The highest BCUT2D eigenvalue weighted by atomic mass is 32.1. The standard InChI is InChI=1S/C16H14F2O3S/c1-10-3-8-15(22-10)12(19)6-4-11-5-7-13(20-2)14(9-11)21-16(17)18/h3-9,16H,1-2H3/b6-4+. The first kappa shape index (κ1) is 16.2. The van der Waals surface area contributed by atoms with Gasteiger partial charge in [0.05, 0.1) is 12.0 Å². The SMILES string of the molecule is COc1ccc(/C=C/C(=O)c2ccc(C)s2)cc1OC(F)F. The molecular weight excluding hydrogens is 310 g/mol. The summed E-state index contributed by atoms with van der Waals surface area (Å²) in [6.45, 7) is -1.02. The van der Waals surface area contributed by atoms with Crippen LogP contribution in [0.2, 0.25) is 0 Å². The van der Waals surface area contributed by atoms with Crippen molar-refractivity contribution in [3.8, 4) is 11.5 Å². The van der Waals surface area contributed by atoms with Crippen molar-refractivity contribution >= 4 is 23.2 Å². The van der Waals surface area contributed by atoms with E-state index in [0.717, 1.165) is 4.88 Å². The highest BCUT2D eigenvalue weighted by Gasteiger charge is 2.11. The minimum absolute atomic E-state index is 0.0703. The molecule has 0 aliphatic rings. The van der Waals surface area contributed by atoms with E-state index in [1.165, 1.54) is 36.7 Å². The first-order valence-corrected chi connectivity index (χ1v) is 7.23. The van der Waals surface area contributed by atoms with Gasteiger partial charge in [0.2, 0.25) is 0 Å². The molecule has 0 spiro atoms. The minimum atomic E-state index is -2.94. The lowest BCUT2D eigenvalue weighted by atomic mass is 10.1. The van der Waals surface area contributed by atoms with Gasteiger partial charge in [0.1, 0.15) is 0 Å². The van der Waals surface area contributed by atoms with Crippen molar-refractivity contribution in [1.82, 2.24) is 0 Å². The number of thiophene rings is 1. The number of carbonyl (C=O) groups is 1. The zero-order chi connectivity index (χ0) is 16.1. The molecule has 0 fully saturated rings. The van der Waals surface area contributed by atoms with E-state index in [9.17, 15) is 13.6 Å². The summed E-state index contributed by atoms with van der Waals surface area (Å²) in [5, 5.41) is 0. The van der Waals surface area contributed by atoms with Crippen LogP contribution in [0, 0.1) is 6.92 Å². The lowest BCUT2D eigenvalue weighted by Gasteiger charge is -2.10. The second kappa shape index (κ2) is 7.17. The number of hydrogen-bond donors (Lipinski definition) is 0. The Balaban J connectivity index is 2.18. The Morgan fingerprint density at radius 1 is 1.23 bits per heavy atom. The number of rotatable bonds is 6. The Morgan fingerprint density at radius 2 is 2.00 bits per heavy atom. The van der Waals surface area contributed by atoms with Crippen LogP contribution >= 0.6 is 11.3 Å². The maximum Gasteiger partial charge on any atom is 0.387 e. The van der Waals surface area contributed by atoms with Crippen molar-refractivity contribution in [2.24, 2.45) is 0 Å². The number of halogens is 2. The van der Waals surface area contributed by atoms with E-state index >= 15 is 0 Å². The number of benzene rings is 1. The number of allylic oxidation sites excluding steroid dienone is 1. The van der Waals surface area contributed by atoms with Crippen molar-refractivity contribution in [3.05, 3.63) is 51.7 Å². The molecule has 0 radical (unpaired) electrons. The molecule has 0 N–H and O–H groups in total. The molecule has 6 heteroatoms. The summed E-state index contributed by atoms with van der Waals surface area (Å²) in [6, 6.07) is 8.19. The molecule has 0 saturated carbocycles. The molecule has 0 atom stereocenters. The summed E-state index contributed by atoms with van der Waals surface area (Å²) in [7, 11) is 1.37. The van der Waals surface area contributed by atoms with E-state index in [1.807, 2.05) is 13.0 Å². The van der Waals surface area contributed by atoms with Crippen LogP contribution in [0.1, 0.15) is 20.1 Å². The second-order valence-electron chi connectivity index (χ2n) is 4.40. The third-order valence-electron chi connectivity index (χ3n) is 2.81. The van der Waals surface area contributed by atoms with Gasteiger partial charge in [-0.25, -0.2) is 0 Å². The van der Waals surface area contributed by atoms with Crippen molar-refractivity contribution in [2.45, 2.75) is 13.5 Å². The molecule has 1 aromatic heterocycles. The first-order valence-electron chi connectivity index (χ1n) is 6.41. The van der Waals surface area contributed by atoms with Crippen LogP contribution in [0.4, 0.5) is 8.78 Å². The fourth-order valence-corrected chi connectivity index (χ4v) is 2.59. The van der Waals surface area contributed by atoms with E-state index in [0.29, 0.717) is 10.4 Å². The third-order valence-corrected chi connectivity index (χ3v) is 3.83. The van der Waals surface area contributed by atoms with Crippen LogP contribution in [0.15, 0.2) is 36.4 Å². The maximum atomic E-state index is 12.4. The van der Waals surface area contributed by atoms with Gasteiger partial charge < -0.3 is 9.47 Å². The summed E-state index contributed by atoms with van der Waals surface area (Å²) in [5.74, 6) is 0.00183. The zero-order valence-corrected chi connectivity index (χ0v) is 12.8. The lowest BCUT2D eigenvalue weighted by molar-refractivity contribution is -0.0512. The van der Waals surface area contributed by atoms with E-state index in [2.05, 4.69) is 4.74 Å². The smallest absolute Gasteiger partial charge is 0.387 e. The number of ketones is 1. The van der Waals surface area contributed by atoms with Crippen LogP contribution < -0.4 is 9.47 Å². The number of hydrogen-bond acceptors (Lipinski definition) is 4. The van der Waals surface area contributed by atoms with Crippen LogP contribution in [0.3, 0.4) is 0 Å². The summed E-state index contributed by atoms with van der Waals surface area (Å²) >= 11 is 1.40. The Morgan fingerprint density at radius 3 is 2.59 bits per heavy atom. The summed E-state index contributed by atoms with van der Waals surface area (Å²) < 4.78 is 34.1. The van der Waals surface area contributed by atoms with E-state index < -0.39 is 6.61 Å². The van der Waals surface area contributed by atoms with Crippen LogP contribution in [-0.2, 0) is 0 Å². The van der Waals surface area contributed by atoms with Crippen molar-refractivity contribution < 1.29 is 23.0 Å². The van der Waals surface area contributed by atoms with Gasteiger partial charge in [0.15, 0.2) is 17.3 Å². The van der Waals surface area contributed by atoms with Gasteiger partial charge in [-0.05, 0) is 42.8 Å². The van der Waals surface area contributed by atoms with Crippen LogP contribution in [0.25, 0.3) is 6.08 Å². The lowest BCUT2D eigenvalue weighted by Crippen LogP contribution is -2.03. The second-order valence-corrected chi connectivity index (χ2v) is 5.68. The largest absolute Gasteiger partial charge is 0.493 e. The number of alkyl halides is 2. The topological polar surface area (TPSA) is 35.5 Å². The molecule has 0 amide bonds. The molecule has 0 aliphatic carbocycles. The highest BCUT2D eigenvalue weighted by Crippen LogP contribution is 2.30. The Labute approximate surface area is 130 Å². The molecule has 0 unspecified atom stereocenters. The zero-order valence-electron chi connectivity index (χ0n) is 12.0. The average molecular weight is 324 g/mol. The molecule has 1 heterocycles. The Hall–Kier alpha value is -2.21. The molecule has 22 heavy (non-hydrogen) atoms. The van der Waals surface area contributed by atoms with Gasteiger partial charge in [0, 0.05) is 4.88 Å². The molecule has 1 aromatic carbocycles. The molecule has 116 valence electrons. The van der Waals surface area contributed by atoms with Crippen molar-refractivity contribution in [2.75, 3.05) is 7.11 Å². The molecule has 3 nitrogen and oxygen atoms in total. The van der Waals surface area contributed by atoms with Crippen LogP contribution in [-0.4, -0.2) is 19.5 Å². The van der Waals surface area contributed by atoms with E-state index in [1.54, 1.807) is 18.2 Å². The molecule has 0 saturated heterocycles. The fraction of sp³-hybridized carbons (Fsp3) is 0.188. The van der Waals surface area contributed by atoms with Gasteiger partial charge in [0.25, 0.3) is 0 Å². The first-order chi connectivity index (χ1) is 10.5. The number of methoxy groups -OCH3 is 1. The van der Waals surface area contributed by atoms with Gasteiger partial charge in [-0.3, -0.25) is 4.79 Å². The van der Waals surface area contributed by atoms with Crippen LogP contribution in [0.5, 0.6) is 11.5 Å². The fourth-order valence-electron chi connectivity index (χ4n) is 1.81. The predicted octanol–water partition coefficient (Wildman–Crippen LogP) is 4.56. The average Bonchev–Trinajstić information content (AvgIpc) is 2.91.